The van der Waals surface area contributed by atoms with Crippen molar-refractivity contribution >= 4 is 29.1 Å². The Labute approximate surface area is 196 Å². The van der Waals surface area contributed by atoms with Crippen LogP contribution in [-0.2, 0) is 13.2 Å². The van der Waals surface area contributed by atoms with Gasteiger partial charge in [-0.25, -0.2) is 4.39 Å². The number of carbonyl (C=O) groups is 1. The number of hydrogen-bond donors (Lipinski definition) is 0. The van der Waals surface area contributed by atoms with Crippen LogP contribution in [0.4, 0.5) is 4.39 Å². The van der Waals surface area contributed by atoms with Crippen LogP contribution in [0.1, 0.15) is 27.4 Å². The van der Waals surface area contributed by atoms with Gasteiger partial charge in [-0.05, 0) is 55.0 Å². The van der Waals surface area contributed by atoms with Crippen LogP contribution in [0.15, 0.2) is 52.9 Å². The number of aryl methyl sites for hydroxylation is 1. The van der Waals surface area contributed by atoms with Crippen LogP contribution in [0.25, 0.3) is 0 Å². The van der Waals surface area contributed by atoms with Crippen LogP contribution in [0, 0.1) is 12.7 Å². The van der Waals surface area contributed by atoms with E-state index < -0.39 is 0 Å². The molecule has 1 saturated heterocycles. The van der Waals surface area contributed by atoms with Gasteiger partial charge in [0.2, 0.25) is 0 Å². The molecular formula is C24H23Cl2FN2O3. The molecule has 3 aromatic rings. The maximum absolute atomic E-state index is 14.0. The monoisotopic (exact) mass is 476 g/mol. The lowest BCUT2D eigenvalue weighted by atomic mass is 10.1. The number of benzene rings is 2. The van der Waals surface area contributed by atoms with Gasteiger partial charge in [0.1, 0.15) is 23.9 Å². The van der Waals surface area contributed by atoms with Gasteiger partial charge in [-0.1, -0.05) is 29.3 Å². The van der Waals surface area contributed by atoms with E-state index in [-0.39, 0.29) is 24.1 Å². The molecule has 1 fully saturated rings. The van der Waals surface area contributed by atoms with Crippen molar-refractivity contribution in [1.29, 1.82) is 0 Å². The predicted octanol–water partition coefficient (Wildman–Crippen LogP) is 5.57. The number of piperazine rings is 1. The third-order valence-corrected chi connectivity index (χ3v) is 6.07. The first-order chi connectivity index (χ1) is 15.4. The van der Waals surface area contributed by atoms with Gasteiger partial charge in [0.25, 0.3) is 5.91 Å². The second kappa shape index (κ2) is 9.94. The van der Waals surface area contributed by atoms with E-state index in [1.165, 1.54) is 6.07 Å². The minimum atomic E-state index is -0.310. The molecule has 0 atom stereocenters. The average Bonchev–Trinajstić information content (AvgIpc) is 3.25. The molecule has 0 radical (unpaired) electrons. The number of ether oxygens (including phenoxy) is 1. The van der Waals surface area contributed by atoms with Gasteiger partial charge in [-0.2, -0.15) is 0 Å². The molecule has 1 aliphatic heterocycles. The molecule has 0 bridgehead atoms. The molecule has 0 unspecified atom stereocenters. The van der Waals surface area contributed by atoms with Crippen molar-refractivity contribution in [1.82, 2.24) is 9.80 Å². The molecule has 2 heterocycles. The lowest BCUT2D eigenvalue weighted by molar-refractivity contribution is 0.0592. The molecule has 32 heavy (non-hydrogen) atoms. The zero-order valence-corrected chi connectivity index (χ0v) is 19.1. The van der Waals surface area contributed by atoms with Crippen LogP contribution in [0.3, 0.4) is 0 Å². The second-order valence-corrected chi connectivity index (χ2v) is 8.58. The topological polar surface area (TPSA) is 45.9 Å². The second-order valence-electron chi connectivity index (χ2n) is 7.73. The van der Waals surface area contributed by atoms with E-state index >= 15 is 0 Å². The Morgan fingerprint density at radius 1 is 1.09 bits per heavy atom. The molecule has 1 aromatic heterocycles. The molecule has 0 N–H and O–H groups in total. The smallest absolute Gasteiger partial charge is 0.289 e. The SMILES string of the molecule is Cc1cc(Cl)ccc1OCc1ccc(C(=O)N2CCN(Cc3c(F)cccc3Cl)CC2)o1. The van der Waals surface area contributed by atoms with E-state index in [1.54, 1.807) is 41.3 Å². The van der Waals surface area contributed by atoms with Crippen LogP contribution in [0.2, 0.25) is 10.0 Å². The third-order valence-electron chi connectivity index (χ3n) is 5.48. The van der Waals surface area contributed by atoms with Crippen molar-refractivity contribution in [2.45, 2.75) is 20.1 Å². The standard InChI is InChI=1S/C24H23Cl2FN2O3/c1-16-13-17(25)5-7-22(16)31-15-18-6-8-23(32-18)24(30)29-11-9-28(10-12-29)14-19-20(26)3-2-4-21(19)27/h2-8,13H,9-12,14-15H2,1H3. The van der Waals surface area contributed by atoms with E-state index in [1.807, 2.05) is 13.0 Å². The van der Waals surface area contributed by atoms with E-state index in [0.717, 1.165) is 5.56 Å². The van der Waals surface area contributed by atoms with E-state index in [0.29, 0.717) is 59.8 Å². The zero-order valence-electron chi connectivity index (χ0n) is 17.6. The summed E-state index contributed by atoms with van der Waals surface area (Å²) in [5.74, 6) is 1.08. The Morgan fingerprint density at radius 2 is 1.88 bits per heavy atom. The molecular weight excluding hydrogens is 454 g/mol. The number of rotatable bonds is 6. The minimum absolute atomic E-state index is 0.164. The minimum Gasteiger partial charge on any atom is -0.485 e. The van der Waals surface area contributed by atoms with Crippen molar-refractivity contribution < 1.29 is 18.3 Å². The van der Waals surface area contributed by atoms with Gasteiger partial charge in [-0.3, -0.25) is 9.69 Å². The third kappa shape index (κ3) is 5.26. The highest BCUT2D eigenvalue weighted by molar-refractivity contribution is 6.31. The van der Waals surface area contributed by atoms with Crippen molar-refractivity contribution in [3.05, 3.63) is 87.0 Å². The lowest BCUT2D eigenvalue weighted by Gasteiger charge is -2.34. The Kier molecular flexibility index (Phi) is 7.04. The van der Waals surface area contributed by atoms with Crippen LogP contribution >= 0.6 is 23.2 Å². The maximum atomic E-state index is 14.0. The largest absolute Gasteiger partial charge is 0.485 e. The summed E-state index contributed by atoms with van der Waals surface area (Å²) in [4.78, 5) is 16.7. The highest BCUT2D eigenvalue weighted by Crippen LogP contribution is 2.24. The quantitative estimate of drug-likeness (QED) is 0.466. The fourth-order valence-corrected chi connectivity index (χ4v) is 4.12. The number of furan rings is 1. The Balaban J connectivity index is 1.30. The predicted molar refractivity (Wildman–Crippen MR) is 122 cm³/mol. The molecule has 0 spiro atoms. The van der Waals surface area contributed by atoms with Crippen LogP contribution in [-0.4, -0.2) is 41.9 Å². The molecule has 0 aliphatic carbocycles. The summed E-state index contributed by atoms with van der Waals surface area (Å²) in [5.41, 5.74) is 1.41. The Bertz CT molecular complexity index is 1090. The summed E-state index contributed by atoms with van der Waals surface area (Å²) >= 11 is 12.1. The number of amides is 1. The Hall–Kier alpha value is -2.54. The zero-order chi connectivity index (χ0) is 22.7. The fraction of sp³-hybridized carbons (Fsp3) is 0.292. The molecule has 8 heteroatoms. The number of hydrogen-bond acceptors (Lipinski definition) is 4. The normalized spacial score (nSPS) is 14.6. The lowest BCUT2D eigenvalue weighted by Crippen LogP contribution is -2.48. The number of halogens is 3. The maximum Gasteiger partial charge on any atom is 0.289 e. The van der Waals surface area contributed by atoms with Gasteiger partial charge in [0.15, 0.2) is 5.76 Å². The first-order valence-electron chi connectivity index (χ1n) is 10.3. The van der Waals surface area contributed by atoms with Crippen molar-refractivity contribution in [3.8, 4) is 5.75 Å². The van der Waals surface area contributed by atoms with Crippen molar-refractivity contribution in [3.63, 3.8) is 0 Å². The summed E-state index contributed by atoms with van der Waals surface area (Å²) < 4.78 is 25.5. The fourth-order valence-electron chi connectivity index (χ4n) is 3.67. The summed E-state index contributed by atoms with van der Waals surface area (Å²) in [6, 6.07) is 13.5. The first-order valence-corrected chi connectivity index (χ1v) is 11.1. The van der Waals surface area contributed by atoms with E-state index in [9.17, 15) is 9.18 Å². The van der Waals surface area contributed by atoms with Crippen molar-refractivity contribution in [2.75, 3.05) is 26.2 Å². The van der Waals surface area contributed by atoms with Gasteiger partial charge in [-0.15, -0.1) is 0 Å². The highest BCUT2D eigenvalue weighted by atomic mass is 35.5. The van der Waals surface area contributed by atoms with Gasteiger partial charge >= 0.3 is 0 Å². The summed E-state index contributed by atoms with van der Waals surface area (Å²) in [7, 11) is 0. The van der Waals surface area contributed by atoms with Gasteiger partial charge < -0.3 is 14.1 Å². The first kappa shape index (κ1) is 22.6. The Morgan fingerprint density at radius 3 is 2.59 bits per heavy atom. The van der Waals surface area contributed by atoms with Crippen LogP contribution in [0.5, 0.6) is 5.75 Å². The molecule has 5 nitrogen and oxygen atoms in total. The van der Waals surface area contributed by atoms with Crippen LogP contribution < -0.4 is 4.74 Å². The number of carbonyl (C=O) groups excluding carboxylic acids is 1. The van der Waals surface area contributed by atoms with E-state index in [4.69, 9.17) is 32.4 Å². The van der Waals surface area contributed by atoms with Crippen molar-refractivity contribution in [2.24, 2.45) is 0 Å². The van der Waals surface area contributed by atoms with Gasteiger partial charge in [0.05, 0.1) is 0 Å². The van der Waals surface area contributed by atoms with E-state index in [2.05, 4.69) is 4.90 Å². The molecule has 2 aromatic carbocycles. The molecule has 168 valence electrons. The number of nitrogens with zero attached hydrogens (tertiary/aromatic N) is 2. The summed E-state index contributed by atoms with van der Waals surface area (Å²) in [6.45, 7) is 4.86. The summed E-state index contributed by atoms with van der Waals surface area (Å²) in [5, 5.41) is 1.07. The highest BCUT2D eigenvalue weighted by Gasteiger charge is 2.25. The molecule has 1 aliphatic rings. The summed E-state index contributed by atoms with van der Waals surface area (Å²) in [6.07, 6.45) is 0. The molecule has 4 rings (SSSR count). The molecule has 0 saturated carbocycles. The average molecular weight is 477 g/mol. The van der Waals surface area contributed by atoms with Gasteiger partial charge in [0, 0.05) is 48.3 Å². The molecule has 1 amide bonds.